The monoisotopic (exact) mass is 353 g/mol. The van der Waals surface area contributed by atoms with E-state index < -0.39 is 0 Å². The summed E-state index contributed by atoms with van der Waals surface area (Å²) >= 11 is 0. The van der Waals surface area contributed by atoms with Crippen LogP contribution in [0.25, 0.3) is 0 Å². The number of rotatable bonds is 17. The zero-order chi connectivity index (χ0) is 18.0. The van der Waals surface area contributed by atoms with Crippen molar-refractivity contribution in [1.82, 2.24) is 5.06 Å². The molecule has 0 saturated carbocycles. The molecule has 0 aliphatic carbocycles. The largest absolute Gasteiger partial charge is 0.368 e. The lowest BCUT2D eigenvalue weighted by Crippen LogP contribution is -2.23. The third kappa shape index (κ3) is 14.3. The predicted octanol–water partition coefficient (Wildman–Crippen LogP) is 6.80. The Labute approximate surface area is 156 Å². The van der Waals surface area contributed by atoms with Gasteiger partial charge < -0.3 is 4.84 Å². The molecule has 1 rings (SSSR count). The van der Waals surface area contributed by atoms with Crippen molar-refractivity contribution < 1.29 is 9.63 Å². The van der Waals surface area contributed by atoms with E-state index in [0.29, 0.717) is 6.42 Å². The highest BCUT2D eigenvalue weighted by atomic mass is 16.7. The zero-order valence-electron chi connectivity index (χ0n) is 16.9. The van der Waals surface area contributed by atoms with Gasteiger partial charge in [-0.1, -0.05) is 96.8 Å². The van der Waals surface area contributed by atoms with E-state index in [0.717, 1.165) is 32.4 Å². The fraction of sp³-hybridized carbons (Fsp3) is 0.955. The minimum Gasteiger partial charge on any atom is -0.368 e. The summed E-state index contributed by atoms with van der Waals surface area (Å²) < 4.78 is 0. The van der Waals surface area contributed by atoms with Gasteiger partial charge in [0.25, 0.3) is 0 Å². The Morgan fingerprint density at radius 2 is 1.08 bits per heavy atom. The van der Waals surface area contributed by atoms with Gasteiger partial charge in [0.05, 0.1) is 0 Å². The maximum Gasteiger partial charge on any atom is 0.325 e. The molecule has 0 aromatic heterocycles. The van der Waals surface area contributed by atoms with E-state index in [-0.39, 0.29) is 5.97 Å². The van der Waals surface area contributed by atoms with E-state index in [2.05, 4.69) is 6.92 Å². The van der Waals surface area contributed by atoms with Gasteiger partial charge in [0.2, 0.25) is 0 Å². The smallest absolute Gasteiger partial charge is 0.325 e. The Balaban J connectivity index is 1.71. The van der Waals surface area contributed by atoms with Crippen LogP contribution in [0.1, 0.15) is 122 Å². The van der Waals surface area contributed by atoms with Crippen LogP contribution in [0.2, 0.25) is 0 Å². The van der Waals surface area contributed by atoms with Gasteiger partial charge in [0.1, 0.15) is 0 Å². The summed E-state index contributed by atoms with van der Waals surface area (Å²) in [6.45, 7) is 4.12. The molecule has 0 amide bonds. The first-order valence-corrected chi connectivity index (χ1v) is 11.3. The maximum atomic E-state index is 11.7. The summed E-state index contributed by atoms with van der Waals surface area (Å²) in [6, 6.07) is 0. The zero-order valence-corrected chi connectivity index (χ0v) is 16.9. The van der Waals surface area contributed by atoms with Crippen molar-refractivity contribution in [2.24, 2.45) is 0 Å². The van der Waals surface area contributed by atoms with Gasteiger partial charge in [-0.15, -0.1) is 5.06 Å². The van der Waals surface area contributed by atoms with Crippen LogP contribution in [0.3, 0.4) is 0 Å². The van der Waals surface area contributed by atoms with Crippen molar-refractivity contribution in [3.63, 3.8) is 0 Å². The average molecular weight is 354 g/mol. The summed E-state index contributed by atoms with van der Waals surface area (Å²) in [5.74, 6) is -0.0309. The molecule has 1 saturated heterocycles. The average Bonchev–Trinajstić information content (AvgIpc) is 3.11. The molecule has 0 N–H and O–H groups in total. The van der Waals surface area contributed by atoms with E-state index in [1.54, 1.807) is 0 Å². The number of hydroxylamine groups is 2. The van der Waals surface area contributed by atoms with Gasteiger partial charge in [0, 0.05) is 19.5 Å². The number of carbonyl (C=O) groups excluding carboxylic acids is 1. The molecular weight excluding hydrogens is 310 g/mol. The minimum absolute atomic E-state index is 0.0309. The van der Waals surface area contributed by atoms with E-state index >= 15 is 0 Å². The van der Waals surface area contributed by atoms with E-state index in [1.165, 1.54) is 89.9 Å². The first-order valence-electron chi connectivity index (χ1n) is 11.3. The summed E-state index contributed by atoms with van der Waals surface area (Å²) in [5, 5.41) is 1.83. The number of hydrogen-bond donors (Lipinski definition) is 0. The topological polar surface area (TPSA) is 29.5 Å². The molecule has 0 atom stereocenters. The second-order valence-corrected chi connectivity index (χ2v) is 7.80. The fourth-order valence-electron chi connectivity index (χ4n) is 3.61. The molecule has 0 bridgehead atoms. The highest BCUT2D eigenvalue weighted by Crippen LogP contribution is 2.14. The lowest BCUT2D eigenvalue weighted by Gasteiger charge is -2.13. The summed E-state index contributed by atoms with van der Waals surface area (Å²) in [5.41, 5.74) is 0. The summed E-state index contributed by atoms with van der Waals surface area (Å²) in [6.07, 6.45) is 23.3. The van der Waals surface area contributed by atoms with Crippen molar-refractivity contribution in [3.05, 3.63) is 0 Å². The second-order valence-electron chi connectivity index (χ2n) is 7.80. The van der Waals surface area contributed by atoms with Crippen LogP contribution in [0.5, 0.6) is 0 Å². The van der Waals surface area contributed by atoms with Crippen LogP contribution < -0.4 is 0 Å². The molecule has 0 aromatic carbocycles. The molecule has 1 aliphatic heterocycles. The van der Waals surface area contributed by atoms with Crippen molar-refractivity contribution in [1.29, 1.82) is 0 Å². The lowest BCUT2D eigenvalue weighted by atomic mass is 10.0. The SMILES string of the molecule is CCCCCCCCCCCCCCCCCC(=O)ON1CCCC1. The highest BCUT2D eigenvalue weighted by molar-refractivity contribution is 5.68. The molecule has 0 unspecified atom stereocenters. The molecule has 3 heteroatoms. The lowest BCUT2D eigenvalue weighted by molar-refractivity contribution is -0.185. The molecule has 0 radical (unpaired) electrons. The molecule has 0 spiro atoms. The van der Waals surface area contributed by atoms with Gasteiger partial charge in [-0.25, -0.2) is 0 Å². The number of unbranched alkanes of at least 4 members (excludes halogenated alkanes) is 14. The van der Waals surface area contributed by atoms with Crippen molar-refractivity contribution >= 4 is 5.97 Å². The molecule has 25 heavy (non-hydrogen) atoms. The Hall–Kier alpha value is -0.570. The summed E-state index contributed by atoms with van der Waals surface area (Å²) in [4.78, 5) is 17.0. The summed E-state index contributed by atoms with van der Waals surface area (Å²) in [7, 11) is 0. The first kappa shape index (κ1) is 22.5. The Morgan fingerprint density at radius 1 is 0.680 bits per heavy atom. The van der Waals surface area contributed by atoms with Gasteiger partial charge in [-0.3, -0.25) is 4.79 Å². The minimum atomic E-state index is -0.0309. The number of nitrogens with zero attached hydrogens (tertiary/aromatic N) is 1. The van der Waals surface area contributed by atoms with Crippen LogP contribution >= 0.6 is 0 Å². The van der Waals surface area contributed by atoms with E-state index in [1.807, 2.05) is 5.06 Å². The second kappa shape index (κ2) is 16.9. The van der Waals surface area contributed by atoms with Gasteiger partial charge in [-0.2, -0.15) is 0 Å². The quantitative estimate of drug-likeness (QED) is 0.269. The van der Waals surface area contributed by atoms with Crippen LogP contribution in [0.15, 0.2) is 0 Å². The maximum absolute atomic E-state index is 11.7. The third-order valence-corrected chi connectivity index (χ3v) is 5.28. The van der Waals surface area contributed by atoms with Crippen molar-refractivity contribution in [2.45, 2.75) is 122 Å². The van der Waals surface area contributed by atoms with E-state index in [4.69, 9.17) is 4.84 Å². The molecular formula is C22H43NO2. The number of carbonyl (C=O) groups is 1. The Kier molecular flexibility index (Phi) is 15.2. The fourth-order valence-corrected chi connectivity index (χ4v) is 3.61. The molecule has 3 nitrogen and oxygen atoms in total. The van der Waals surface area contributed by atoms with Crippen LogP contribution in [0, 0.1) is 0 Å². The molecule has 1 fully saturated rings. The standard InChI is InChI=1S/C22H43NO2/c1-2-3-4-5-6-7-8-9-10-11-12-13-14-15-16-19-22(24)25-23-20-17-18-21-23/h2-21H2,1H3. The van der Waals surface area contributed by atoms with Gasteiger partial charge in [0.15, 0.2) is 0 Å². The normalized spacial score (nSPS) is 14.9. The predicted molar refractivity (Wildman–Crippen MR) is 106 cm³/mol. The Morgan fingerprint density at radius 3 is 1.52 bits per heavy atom. The van der Waals surface area contributed by atoms with Gasteiger partial charge >= 0.3 is 5.97 Å². The highest BCUT2D eigenvalue weighted by Gasteiger charge is 2.15. The van der Waals surface area contributed by atoms with Crippen LogP contribution in [0.4, 0.5) is 0 Å². The third-order valence-electron chi connectivity index (χ3n) is 5.28. The van der Waals surface area contributed by atoms with Crippen LogP contribution in [-0.4, -0.2) is 24.1 Å². The van der Waals surface area contributed by atoms with Gasteiger partial charge in [-0.05, 0) is 19.3 Å². The Bertz CT molecular complexity index is 300. The molecule has 1 aliphatic rings. The molecule has 1 heterocycles. The van der Waals surface area contributed by atoms with Crippen molar-refractivity contribution in [3.8, 4) is 0 Å². The number of hydrogen-bond acceptors (Lipinski definition) is 3. The van der Waals surface area contributed by atoms with Crippen LogP contribution in [-0.2, 0) is 9.63 Å². The first-order chi connectivity index (χ1) is 12.3. The molecule has 148 valence electrons. The molecule has 0 aromatic rings. The van der Waals surface area contributed by atoms with E-state index in [9.17, 15) is 4.79 Å². The van der Waals surface area contributed by atoms with Crippen molar-refractivity contribution in [2.75, 3.05) is 13.1 Å².